The topological polar surface area (TPSA) is 38.8 Å². The van der Waals surface area contributed by atoms with Gasteiger partial charge in [-0.05, 0) is 40.2 Å². The molecule has 3 aromatic carbocycles. The summed E-state index contributed by atoms with van der Waals surface area (Å²) >= 11 is 0. The molecule has 0 saturated carbocycles. The second kappa shape index (κ2) is 11.1. The van der Waals surface area contributed by atoms with E-state index >= 15 is 0 Å². The van der Waals surface area contributed by atoms with Gasteiger partial charge < -0.3 is 9.16 Å². The Kier molecular flexibility index (Phi) is 7.66. The maximum Gasteiger partial charge on any atom is 0.288 e. The number of ketones is 1. The monoisotopic (exact) mass is 496 g/mol. The van der Waals surface area contributed by atoms with E-state index in [9.17, 15) is 4.79 Å². The predicted molar refractivity (Wildman–Crippen MR) is 148 cm³/mol. The minimum atomic E-state index is -2.76. The van der Waals surface area contributed by atoms with E-state index < -0.39 is 8.32 Å². The standard InChI is InChI=1S/C32H36O3Si/c1-24(2)26-19-18-25(22-31-32(35-31)30(33)21-20-26)23-34-36(27-12-6-3-7-13-27,28-14-8-4-9-15-28)29-16-10-5-11-17-29/h3-19,24-26,31-32H,20-23H2,1-2H3. The first kappa shape index (κ1) is 24.9. The van der Waals surface area contributed by atoms with Crippen molar-refractivity contribution in [1.82, 2.24) is 0 Å². The third kappa shape index (κ3) is 5.31. The van der Waals surface area contributed by atoms with Crippen LogP contribution in [0.15, 0.2) is 103 Å². The molecule has 2 aliphatic rings. The molecule has 0 N–H and O–H groups in total. The van der Waals surface area contributed by atoms with Crippen LogP contribution in [0.25, 0.3) is 0 Å². The van der Waals surface area contributed by atoms with Gasteiger partial charge in [0.1, 0.15) is 6.10 Å². The van der Waals surface area contributed by atoms with Crippen LogP contribution in [0.2, 0.25) is 0 Å². The molecule has 186 valence electrons. The Balaban J connectivity index is 1.52. The molecule has 3 nitrogen and oxygen atoms in total. The fourth-order valence-electron chi connectivity index (χ4n) is 5.51. The number of Topliss-reactive ketones (excluding diaryl/α,β-unsaturated/α-hetero) is 1. The van der Waals surface area contributed by atoms with Crippen LogP contribution in [0.4, 0.5) is 0 Å². The number of carbonyl (C=O) groups is 1. The Morgan fingerprint density at radius 2 is 1.36 bits per heavy atom. The van der Waals surface area contributed by atoms with Crippen LogP contribution in [0.5, 0.6) is 0 Å². The number of epoxide rings is 1. The summed E-state index contributed by atoms with van der Waals surface area (Å²) in [6.07, 6.45) is 6.82. The highest BCUT2D eigenvalue weighted by Gasteiger charge is 2.46. The van der Waals surface area contributed by atoms with Crippen LogP contribution in [-0.2, 0) is 14.0 Å². The molecular formula is C32H36O3Si. The minimum Gasteiger partial charge on any atom is -0.404 e. The SMILES string of the molecule is CC(C)C1C=CC(CO[Si](c2ccccc2)(c2ccccc2)c2ccccc2)CC2OC2C(=O)CC1. The summed E-state index contributed by atoms with van der Waals surface area (Å²) in [5.41, 5.74) is 0. The lowest BCUT2D eigenvalue weighted by atomic mass is 9.86. The summed E-state index contributed by atoms with van der Waals surface area (Å²) in [5.74, 6) is 1.35. The Morgan fingerprint density at radius 1 is 0.833 bits per heavy atom. The largest absolute Gasteiger partial charge is 0.404 e. The third-order valence-electron chi connectivity index (χ3n) is 7.70. The van der Waals surface area contributed by atoms with Crippen molar-refractivity contribution in [3.05, 3.63) is 103 Å². The van der Waals surface area contributed by atoms with Gasteiger partial charge in [0.25, 0.3) is 8.32 Å². The van der Waals surface area contributed by atoms with Crippen LogP contribution < -0.4 is 15.6 Å². The van der Waals surface area contributed by atoms with E-state index in [4.69, 9.17) is 9.16 Å². The molecular weight excluding hydrogens is 460 g/mol. The van der Waals surface area contributed by atoms with Crippen molar-refractivity contribution in [2.45, 2.75) is 45.3 Å². The zero-order valence-electron chi connectivity index (χ0n) is 21.3. The number of rotatable bonds is 7. The zero-order valence-corrected chi connectivity index (χ0v) is 22.3. The molecule has 0 aromatic heterocycles. The van der Waals surface area contributed by atoms with Gasteiger partial charge in [-0.1, -0.05) is 117 Å². The van der Waals surface area contributed by atoms with Crippen LogP contribution in [0.3, 0.4) is 0 Å². The molecule has 0 radical (unpaired) electrons. The first-order valence-corrected chi connectivity index (χ1v) is 15.2. The zero-order chi connectivity index (χ0) is 25.0. The molecule has 4 heteroatoms. The number of allylic oxidation sites excluding steroid dienone is 1. The summed E-state index contributed by atoms with van der Waals surface area (Å²) in [6.45, 7) is 5.07. The second-order valence-electron chi connectivity index (χ2n) is 10.5. The first-order valence-electron chi connectivity index (χ1n) is 13.2. The molecule has 0 amide bonds. The summed E-state index contributed by atoms with van der Waals surface area (Å²) in [7, 11) is -2.76. The Bertz CT molecular complexity index is 1060. The van der Waals surface area contributed by atoms with Gasteiger partial charge in [-0.3, -0.25) is 4.79 Å². The highest BCUT2D eigenvalue weighted by molar-refractivity contribution is 7.07. The number of fused-ring (bicyclic) bond motifs is 1. The summed E-state index contributed by atoms with van der Waals surface area (Å²) in [6, 6.07) is 32.1. The molecule has 1 aliphatic carbocycles. The smallest absolute Gasteiger partial charge is 0.288 e. The molecule has 3 aromatic rings. The molecule has 4 atom stereocenters. The van der Waals surface area contributed by atoms with Gasteiger partial charge in [0, 0.05) is 18.9 Å². The van der Waals surface area contributed by atoms with Gasteiger partial charge in [-0.2, -0.15) is 0 Å². The first-order chi connectivity index (χ1) is 17.6. The fourth-order valence-corrected chi connectivity index (χ4v) is 9.46. The molecule has 5 rings (SSSR count). The summed E-state index contributed by atoms with van der Waals surface area (Å²) < 4.78 is 13.1. The van der Waals surface area contributed by atoms with Gasteiger partial charge in [-0.25, -0.2) is 0 Å². The second-order valence-corrected chi connectivity index (χ2v) is 13.9. The van der Waals surface area contributed by atoms with Crippen LogP contribution in [0, 0.1) is 17.8 Å². The van der Waals surface area contributed by atoms with E-state index in [0.29, 0.717) is 24.9 Å². The molecule has 4 unspecified atom stereocenters. The predicted octanol–water partition coefficient (Wildman–Crippen LogP) is 4.64. The maximum absolute atomic E-state index is 12.6. The third-order valence-corrected chi connectivity index (χ3v) is 11.7. The minimum absolute atomic E-state index is 0.0209. The lowest BCUT2D eigenvalue weighted by Crippen LogP contribution is -2.69. The van der Waals surface area contributed by atoms with E-state index in [0.717, 1.165) is 12.8 Å². The van der Waals surface area contributed by atoms with Gasteiger partial charge in [0.15, 0.2) is 5.78 Å². The Morgan fingerprint density at radius 3 is 1.86 bits per heavy atom. The molecule has 0 bridgehead atoms. The molecule has 1 fully saturated rings. The molecule has 1 saturated heterocycles. The van der Waals surface area contributed by atoms with Gasteiger partial charge in [0.05, 0.1) is 6.10 Å². The van der Waals surface area contributed by atoms with Crippen molar-refractivity contribution in [3.8, 4) is 0 Å². The van der Waals surface area contributed by atoms with E-state index in [1.54, 1.807) is 0 Å². The van der Waals surface area contributed by atoms with E-state index in [-0.39, 0.29) is 23.9 Å². The highest BCUT2D eigenvalue weighted by atomic mass is 28.4. The quantitative estimate of drug-likeness (QED) is 0.207. The van der Waals surface area contributed by atoms with Crippen molar-refractivity contribution in [1.29, 1.82) is 0 Å². The number of carbonyl (C=O) groups excluding carboxylic acids is 1. The Labute approximate surface area is 216 Å². The van der Waals surface area contributed by atoms with Crippen molar-refractivity contribution in [2.75, 3.05) is 6.61 Å². The van der Waals surface area contributed by atoms with Gasteiger partial charge in [-0.15, -0.1) is 0 Å². The van der Waals surface area contributed by atoms with Crippen molar-refractivity contribution >= 4 is 29.7 Å². The van der Waals surface area contributed by atoms with E-state index in [2.05, 4.69) is 117 Å². The van der Waals surface area contributed by atoms with Crippen molar-refractivity contribution in [2.24, 2.45) is 17.8 Å². The number of hydrogen-bond donors (Lipinski definition) is 0. The molecule has 0 spiro atoms. The van der Waals surface area contributed by atoms with E-state index in [1.807, 2.05) is 0 Å². The average molecular weight is 497 g/mol. The fraction of sp³-hybridized carbons (Fsp3) is 0.344. The summed E-state index contributed by atoms with van der Waals surface area (Å²) in [5, 5.41) is 3.71. The molecule has 1 aliphatic heterocycles. The van der Waals surface area contributed by atoms with Crippen molar-refractivity contribution in [3.63, 3.8) is 0 Å². The normalized spacial score (nSPS) is 24.4. The maximum atomic E-state index is 12.6. The van der Waals surface area contributed by atoms with E-state index in [1.165, 1.54) is 15.6 Å². The van der Waals surface area contributed by atoms with Crippen LogP contribution in [0.1, 0.15) is 33.1 Å². The number of ether oxygens (including phenoxy) is 1. The van der Waals surface area contributed by atoms with Crippen LogP contribution in [-0.4, -0.2) is 32.9 Å². The lowest BCUT2D eigenvalue weighted by molar-refractivity contribution is -0.120. The van der Waals surface area contributed by atoms with Crippen molar-refractivity contribution < 1.29 is 14.0 Å². The number of benzene rings is 3. The lowest BCUT2D eigenvalue weighted by Gasteiger charge is -2.34. The molecule has 1 heterocycles. The Hall–Kier alpha value is -2.79. The molecule has 36 heavy (non-hydrogen) atoms. The number of hydrogen-bond acceptors (Lipinski definition) is 3. The summed E-state index contributed by atoms with van der Waals surface area (Å²) in [4.78, 5) is 12.6. The van der Waals surface area contributed by atoms with Gasteiger partial charge in [0.2, 0.25) is 0 Å². The highest BCUT2D eigenvalue weighted by Crippen LogP contribution is 2.34. The average Bonchev–Trinajstić information content (AvgIpc) is 3.69. The van der Waals surface area contributed by atoms with Crippen LogP contribution >= 0.6 is 0 Å². The van der Waals surface area contributed by atoms with Gasteiger partial charge >= 0.3 is 0 Å².